The van der Waals surface area contributed by atoms with Crippen molar-refractivity contribution in [3.63, 3.8) is 0 Å². The normalized spacial score (nSPS) is 12.2. The Bertz CT molecular complexity index is 533. The smallest absolute Gasteiger partial charge is 0.124 e. The molecule has 2 rings (SSSR count). The molecule has 1 N–H and O–H groups in total. The Morgan fingerprint density at radius 3 is 2.74 bits per heavy atom. The first-order valence-electron chi connectivity index (χ1n) is 6.01. The van der Waals surface area contributed by atoms with Crippen LogP contribution in [0.25, 0.3) is 0 Å². The number of methoxy groups -OCH3 is 1. The lowest BCUT2D eigenvalue weighted by Gasteiger charge is -2.17. The van der Waals surface area contributed by atoms with Crippen LogP contribution in [0.5, 0.6) is 5.75 Å². The van der Waals surface area contributed by atoms with E-state index in [9.17, 15) is 0 Å². The van der Waals surface area contributed by atoms with Crippen LogP contribution >= 0.6 is 15.9 Å². The molecule has 0 saturated carbocycles. The molecular weight excluding hydrogens is 306 g/mol. The first-order valence-corrected chi connectivity index (χ1v) is 6.80. The first kappa shape index (κ1) is 14.0. The molecule has 0 unspecified atom stereocenters. The van der Waals surface area contributed by atoms with Crippen molar-refractivity contribution in [3.05, 3.63) is 52.5 Å². The van der Waals surface area contributed by atoms with Crippen molar-refractivity contribution in [2.45, 2.75) is 19.5 Å². The molecule has 1 atom stereocenters. The van der Waals surface area contributed by atoms with Crippen LogP contribution in [0.15, 0.2) is 41.4 Å². The third-order valence-corrected chi connectivity index (χ3v) is 3.38. The minimum Gasteiger partial charge on any atom is -0.496 e. The zero-order valence-corrected chi connectivity index (χ0v) is 12.5. The minimum absolute atomic E-state index is 0.184. The highest BCUT2D eigenvalue weighted by molar-refractivity contribution is 9.10. The zero-order chi connectivity index (χ0) is 13.7. The number of rotatable bonds is 5. The molecule has 0 amide bonds. The molecule has 2 aromatic rings. The summed E-state index contributed by atoms with van der Waals surface area (Å²) in [6.45, 7) is 2.83. The van der Waals surface area contributed by atoms with Gasteiger partial charge in [0.05, 0.1) is 7.11 Å². The fourth-order valence-corrected chi connectivity index (χ4v) is 2.18. The number of hydrogen-bond acceptors (Lipinski definition) is 4. The quantitative estimate of drug-likeness (QED) is 0.919. The number of ether oxygens (including phenoxy) is 1. The van der Waals surface area contributed by atoms with Crippen LogP contribution in [0, 0.1) is 0 Å². The van der Waals surface area contributed by atoms with E-state index in [2.05, 4.69) is 44.2 Å². The Labute approximate surface area is 121 Å². The van der Waals surface area contributed by atoms with Crippen molar-refractivity contribution in [1.82, 2.24) is 15.3 Å². The molecule has 0 spiro atoms. The van der Waals surface area contributed by atoms with E-state index in [1.807, 2.05) is 24.5 Å². The summed E-state index contributed by atoms with van der Waals surface area (Å²) in [7, 11) is 1.68. The Morgan fingerprint density at radius 2 is 2.05 bits per heavy atom. The molecule has 0 saturated heterocycles. The Morgan fingerprint density at radius 1 is 1.32 bits per heavy atom. The molecule has 4 nitrogen and oxygen atoms in total. The summed E-state index contributed by atoms with van der Waals surface area (Å²) in [4.78, 5) is 8.00. The van der Waals surface area contributed by atoms with Crippen LogP contribution in [-0.4, -0.2) is 17.1 Å². The van der Waals surface area contributed by atoms with E-state index in [1.165, 1.54) is 6.33 Å². The molecule has 1 aromatic carbocycles. The average Bonchev–Trinajstić information content (AvgIpc) is 2.45. The second-order valence-electron chi connectivity index (χ2n) is 4.24. The van der Waals surface area contributed by atoms with Crippen LogP contribution < -0.4 is 10.1 Å². The van der Waals surface area contributed by atoms with Crippen LogP contribution in [0.2, 0.25) is 0 Å². The maximum absolute atomic E-state index is 5.40. The highest BCUT2D eigenvalue weighted by Crippen LogP contribution is 2.28. The monoisotopic (exact) mass is 321 g/mol. The molecule has 5 heteroatoms. The third-order valence-electron chi connectivity index (χ3n) is 2.89. The van der Waals surface area contributed by atoms with Crippen LogP contribution in [0.1, 0.15) is 24.1 Å². The molecule has 0 aliphatic carbocycles. The Hall–Kier alpha value is -1.46. The van der Waals surface area contributed by atoms with Crippen LogP contribution in [-0.2, 0) is 6.54 Å². The number of nitrogens with one attached hydrogen (secondary N) is 1. The van der Waals surface area contributed by atoms with Gasteiger partial charge in [-0.25, -0.2) is 9.97 Å². The summed E-state index contributed by atoms with van der Waals surface area (Å²) in [5.74, 6) is 0.874. The number of halogens is 1. The van der Waals surface area contributed by atoms with Gasteiger partial charge in [-0.3, -0.25) is 0 Å². The van der Waals surface area contributed by atoms with Gasteiger partial charge in [0.25, 0.3) is 0 Å². The lowest BCUT2D eigenvalue weighted by molar-refractivity contribution is 0.401. The van der Waals surface area contributed by atoms with E-state index in [0.29, 0.717) is 0 Å². The lowest BCUT2D eigenvalue weighted by atomic mass is 10.1. The second-order valence-corrected chi connectivity index (χ2v) is 5.15. The highest BCUT2D eigenvalue weighted by atomic mass is 79.9. The highest BCUT2D eigenvalue weighted by Gasteiger charge is 2.11. The van der Waals surface area contributed by atoms with Crippen molar-refractivity contribution < 1.29 is 4.74 Å². The van der Waals surface area contributed by atoms with Gasteiger partial charge in [0.15, 0.2) is 0 Å². The summed E-state index contributed by atoms with van der Waals surface area (Å²) in [6, 6.07) is 6.23. The molecule has 0 fully saturated rings. The molecule has 100 valence electrons. The molecule has 0 aliphatic heterocycles. The number of hydrogen-bond donors (Lipinski definition) is 1. The van der Waals surface area contributed by atoms with Gasteiger partial charge in [0, 0.05) is 40.6 Å². The predicted molar refractivity (Wildman–Crippen MR) is 78.0 cm³/mol. The Balaban J connectivity index is 2.05. The van der Waals surface area contributed by atoms with E-state index in [1.54, 1.807) is 7.11 Å². The van der Waals surface area contributed by atoms with E-state index < -0.39 is 0 Å². The van der Waals surface area contributed by atoms with Gasteiger partial charge in [-0.2, -0.15) is 0 Å². The zero-order valence-electron chi connectivity index (χ0n) is 10.9. The van der Waals surface area contributed by atoms with Gasteiger partial charge in [0.1, 0.15) is 12.1 Å². The van der Waals surface area contributed by atoms with Gasteiger partial charge < -0.3 is 10.1 Å². The maximum Gasteiger partial charge on any atom is 0.124 e. The third kappa shape index (κ3) is 3.75. The summed E-state index contributed by atoms with van der Waals surface area (Å²) >= 11 is 3.44. The summed E-state index contributed by atoms with van der Waals surface area (Å²) in [6.07, 6.45) is 5.15. The van der Waals surface area contributed by atoms with Crippen molar-refractivity contribution in [2.24, 2.45) is 0 Å². The SMILES string of the molecule is COc1cc(Br)ccc1[C@H](C)NCc1cncnc1. The number of nitrogens with zero attached hydrogens (tertiary/aromatic N) is 2. The van der Waals surface area contributed by atoms with E-state index >= 15 is 0 Å². The fourth-order valence-electron chi connectivity index (χ4n) is 1.84. The molecule has 1 aromatic heterocycles. The van der Waals surface area contributed by atoms with Gasteiger partial charge in [-0.1, -0.05) is 22.0 Å². The second kappa shape index (κ2) is 6.63. The molecule has 0 aliphatic rings. The summed E-state index contributed by atoms with van der Waals surface area (Å²) in [5.41, 5.74) is 2.19. The van der Waals surface area contributed by atoms with E-state index in [0.717, 1.165) is 27.9 Å². The van der Waals surface area contributed by atoms with Gasteiger partial charge in [-0.15, -0.1) is 0 Å². The molecule has 0 radical (unpaired) electrons. The largest absolute Gasteiger partial charge is 0.496 e. The van der Waals surface area contributed by atoms with Crippen molar-refractivity contribution in [2.75, 3.05) is 7.11 Å². The summed E-state index contributed by atoms with van der Waals surface area (Å²) in [5, 5.41) is 3.43. The number of benzene rings is 1. The molecular formula is C14H16BrN3O. The van der Waals surface area contributed by atoms with E-state index in [4.69, 9.17) is 4.74 Å². The van der Waals surface area contributed by atoms with Gasteiger partial charge >= 0.3 is 0 Å². The molecule has 1 heterocycles. The maximum atomic E-state index is 5.40. The average molecular weight is 322 g/mol. The number of aromatic nitrogens is 2. The Kier molecular flexibility index (Phi) is 4.87. The topological polar surface area (TPSA) is 47.0 Å². The lowest BCUT2D eigenvalue weighted by Crippen LogP contribution is -2.18. The van der Waals surface area contributed by atoms with E-state index in [-0.39, 0.29) is 6.04 Å². The van der Waals surface area contributed by atoms with Crippen molar-refractivity contribution in [3.8, 4) is 5.75 Å². The fraction of sp³-hybridized carbons (Fsp3) is 0.286. The molecule has 19 heavy (non-hydrogen) atoms. The van der Waals surface area contributed by atoms with Crippen molar-refractivity contribution in [1.29, 1.82) is 0 Å². The van der Waals surface area contributed by atoms with Crippen LogP contribution in [0.3, 0.4) is 0 Å². The van der Waals surface area contributed by atoms with Crippen LogP contribution in [0.4, 0.5) is 0 Å². The first-order chi connectivity index (χ1) is 9.20. The predicted octanol–water partition coefficient (Wildman–Crippen LogP) is 3.10. The molecule has 0 bridgehead atoms. The van der Waals surface area contributed by atoms with Gasteiger partial charge in [0.2, 0.25) is 0 Å². The van der Waals surface area contributed by atoms with Gasteiger partial charge in [-0.05, 0) is 19.1 Å². The summed E-state index contributed by atoms with van der Waals surface area (Å²) < 4.78 is 6.42. The standard InChI is InChI=1S/C14H16BrN3O/c1-10(18-8-11-6-16-9-17-7-11)13-4-3-12(15)5-14(13)19-2/h3-7,9-10,18H,8H2,1-2H3/t10-/m0/s1. The van der Waals surface area contributed by atoms with Crippen molar-refractivity contribution >= 4 is 15.9 Å². The minimum atomic E-state index is 0.184.